The lowest BCUT2D eigenvalue weighted by molar-refractivity contribution is 0.528. The summed E-state index contributed by atoms with van der Waals surface area (Å²) in [6, 6.07) is 0. The highest BCUT2D eigenvalue weighted by Crippen LogP contribution is 2.61. The van der Waals surface area contributed by atoms with Gasteiger partial charge in [0.15, 0.2) is 0 Å². The van der Waals surface area contributed by atoms with E-state index in [9.17, 15) is 0 Å². The monoisotopic (exact) mass is 190 g/mol. The summed E-state index contributed by atoms with van der Waals surface area (Å²) in [6.07, 6.45) is 12.5. The van der Waals surface area contributed by atoms with Crippen LogP contribution in [0, 0.1) is 17.3 Å². The van der Waals surface area contributed by atoms with Crippen molar-refractivity contribution in [2.45, 2.75) is 46.5 Å². The van der Waals surface area contributed by atoms with Gasteiger partial charge in [0.05, 0.1) is 0 Å². The molecule has 0 aromatic rings. The van der Waals surface area contributed by atoms with Crippen LogP contribution < -0.4 is 0 Å². The molecule has 0 amide bonds. The summed E-state index contributed by atoms with van der Waals surface area (Å²) in [5.41, 5.74) is 2.18. The van der Waals surface area contributed by atoms with E-state index in [-0.39, 0.29) is 0 Å². The highest BCUT2D eigenvalue weighted by atomic mass is 14.6. The summed E-state index contributed by atoms with van der Waals surface area (Å²) in [4.78, 5) is 0. The molecule has 0 aromatic heterocycles. The predicted molar refractivity (Wildman–Crippen MR) is 62.1 cm³/mol. The highest BCUT2D eigenvalue weighted by molar-refractivity contribution is 5.16. The van der Waals surface area contributed by atoms with Crippen molar-refractivity contribution >= 4 is 0 Å². The van der Waals surface area contributed by atoms with E-state index in [1.165, 1.54) is 25.7 Å². The van der Waals surface area contributed by atoms with Gasteiger partial charge in [0.1, 0.15) is 0 Å². The highest BCUT2D eigenvalue weighted by Gasteiger charge is 2.54. The summed E-state index contributed by atoms with van der Waals surface area (Å²) in [5, 5.41) is 0. The van der Waals surface area contributed by atoms with Crippen LogP contribution in [0.1, 0.15) is 46.5 Å². The largest absolute Gasteiger partial charge is 0.0879 e. The van der Waals surface area contributed by atoms with E-state index in [1.807, 2.05) is 0 Å². The molecule has 2 rings (SSSR count). The molecule has 0 N–H and O–H groups in total. The van der Waals surface area contributed by atoms with Crippen LogP contribution in [0.5, 0.6) is 0 Å². The molecule has 14 heavy (non-hydrogen) atoms. The molecule has 0 unspecified atom stereocenters. The molecule has 1 saturated carbocycles. The zero-order valence-corrected chi connectivity index (χ0v) is 9.72. The van der Waals surface area contributed by atoms with E-state index in [2.05, 4.69) is 39.0 Å². The van der Waals surface area contributed by atoms with E-state index in [4.69, 9.17) is 0 Å². The summed E-state index contributed by atoms with van der Waals surface area (Å²) in [6.45, 7) is 7.13. The van der Waals surface area contributed by atoms with Gasteiger partial charge in [0.25, 0.3) is 0 Å². The van der Waals surface area contributed by atoms with Crippen molar-refractivity contribution in [1.29, 1.82) is 0 Å². The van der Waals surface area contributed by atoms with Crippen LogP contribution >= 0.6 is 0 Å². The molecule has 0 heteroatoms. The smallest absolute Gasteiger partial charge is 0.0145 e. The molecule has 0 aliphatic heterocycles. The minimum Gasteiger partial charge on any atom is -0.0879 e. The number of fused-ring (bicyclic) bond motifs is 1. The van der Waals surface area contributed by atoms with E-state index in [0.29, 0.717) is 5.41 Å². The fourth-order valence-corrected chi connectivity index (χ4v) is 2.87. The van der Waals surface area contributed by atoms with Gasteiger partial charge in [-0.2, -0.15) is 0 Å². The molecular formula is C14H22. The van der Waals surface area contributed by atoms with Crippen LogP contribution in [0.15, 0.2) is 23.8 Å². The normalized spacial score (nSPS) is 41.8. The van der Waals surface area contributed by atoms with Crippen molar-refractivity contribution in [2.75, 3.05) is 0 Å². The van der Waals surface area contributed by atoms with Gasteiger partial charge in [-0.05, 0) is 49.9 Å². The quantitative estimate of drug-likeness (QED) is 0.499. The molecule has 0 aromatic carbocycles. The number of rotatable bonds is 0. The molecule has 0 saturated heterocycles. The zero-order valence-electron chi connectivity index (χ0n) is 9.72. The first-order valence-corrected chi connectivity index (χ1v) is 5.94. The fraction of sp³-hybridized carbons (Fsp3) is 0.714. The van der Waals surface area contributed by atoms with E-state index < -0.39 is 0 Å². The molecule has 1 fully saturated rings. The van der Waals surface area contributed by atoms with Gasteiger partial charge in [-0.3, -0.25) is 0 Å². The van der Waals surface area contributed by atoms with Crippen molar-refractivity contribution in [2.24, 2.45) is 17.3 Å². The van der Waals surface area contributed by atoms with Crippen LogP contribution in [0.4, 0.5) is 0 Å². The van der Waals surface area contributed by atoms with Gasteiger partial charge in [-0.25, -0.2) is 0 Å². The van der Waals surface area contributed by atoms with Crippen LogP contribution in [-0.4, -0.2) is 0 Å². The minimum absolute atomic E-state index is 0.584. The summed E-state index contributed by atoms with van der Waals surface area (Å²) in [5.74, 6) is 1.81. The second-order valence-corrected chi connectivity index (χ2v) is 5.55. The predicted octanol–water partition coefficient (Wildman–Crippen LogP) is 4.34. The van der Waals surface area contributed by atoms with Crippen LogP contribution in [-0.2, 0) is 0 Å². The lowest BCUT2D eigenvalue weighted by Gasteiger charge is -2.03. The molecule has 0 heterocycles. The van der Waals surface area contributed by atoms with Gasteiger partial charge < -0.3 is 0 Å². The second-order valence-electron chi connectivity index (χ2n) is 5.55. The van der Waals surface area contributed by atoms with Gasteiger partial charge in [-0.15, -0.1) is 0 Å². The third-order valence-corrected chi connectivity index (χ3v) is 4.16. The summed E-state index contributed by atoms with van der Waals surface area (Å²) < 4.78 is 0. The lowest BCUT2D eigenvalue weighted by atomic mass is 10.0. The zero-order chi connectivity index (χ0) is 10.2. The van der Waals surface area contributed by atoms with Crippen molar-refractivity contribution in [3.8, 4) is 0 Å². The Morgan fingerprint density at radius 1 is 1.29 bits per heavy atom. The molecule has 2 aliphatic carbocycles. The van der Waals surface area contributed by atoms with Gasteiger partial charge in [-0.1, -0.05) is 37.6 Å². The van der Waals surface area contributed by atoms with E-state index in [0.717, 1.165) is 11.8 Å². The SMILES string of the molecule is C/C1=C\CC/C=C/[C@@H]2[C@@H](CC1)C2(C)C. The third-order valence-electron chi connectivity index (χ3n) is 4.16. The van der Waals surface area contributed by atoms with Crippen molar-refractivity contribution < 1.29 is 0 Å². The first-order chi connectivity index (χ1) is 6.62. The van der Waals surface area contributed by atoms with E-state index in [1.54, 1.807) is 5.57 Å². The number of hydrogen-bond acceptors (Lipinski definition) is 0. The van der Waals surface area contributed by atoms with Crippen LogP contribution in [0.3, 0.4) is 0 Å². The number of hydrogen-bond donors (Lipinski definition) is 0. The van der Waals surface area contributed by atoms with Crippen LogP contribution in [0.2, 0.25) is 0 Å². The molecule has 0 nitrogen and oxygen atoms in total. The maximum absolute atomic E-state index is 2.47. The van der Waals surface area contributed by atoms with Crippen molar-refractivity contribution in [1.82, 2.24) is 0 Å². The second kappa shape index (κ2) is 3.56. The van der Waals surface area contributed by atoms with Gasteiger partial charge in [0, 0.05) is 0 Å². The Kier molecular flexibility index (Phi) is 2.55. The number of allylic oxidation sites excluding steroid dienone is 4. The van der Waals surface area contributed by atoms with Gasteiger partial charge in [0.2, 0.25) is 0 Å². The molecular weight excluding hydrogens is 168 g/mol. The van der Waals surface area contributed by atoms with Crippen molar-refractivity contribution in [3.63, 3.8) is 0 Å². The summed E-state index contributed by atoms with van der Waals surface area (Å²) >= 11 is 0. The Labute approximate surface area is 88.1 Å². The average molecular weight is 190 g/mol. The Morgan fingerprint density at radius 2 is 2.07 bits per heavy atom. The molecule has 2 aliphatic rings. The third kappa shape index (κ3) is 1.80. The molecule has 0 radical (unpaired) electrons. The fourth-order valence-electron chi connectivity index (χ4n) is 2.87. The Balaban J connectivity index is 2.06. The molecule has 0 bridgehead atoms. The Hall–Kier alpha value is -0.520. The van der Waals surface area contributed by atoms with Crippen molar-refractivity contribution in [3.05, 3.63) is 23.8 Å². The molecule has 78 valence electrons. The molecule has 2 atom stereocenters. The lowest BCUT2D eigenvalue weighted by Crippen LogP contribution is -1.90. The first kappa shape index (κ1) is 10.0. The Bertz CT molecular complexity index is 268. The van der Waals surface area contributed by atoms with Crippen LogP contribution in [0.25, 0.3) is 0 Å². The summed E-state index contributed by atoms with van der Waals surface area (Å²) in [7, 11) is 0. The maximum Gasteiger partial charge on any atom is -0.0145 e. The van der Waals surface area contributed by atoms with Gasteiger partial charge >= 0.3 is 0 Å². The maximum atomic E-state index is 2.47. The van der Waals surface area contributed by atoms with E-state index >= 15 is 0 Å². The minimum atomic E-state index is 0.584. The Morgan fingerprint density at radius 3 is 2.86 bits per heavy atom. The average Bonchev–Trinajstić information content (AvgIpc) is 2.65. The first-order valence-electron chi connectivity index (χ1n) is 5.94. The standard InChI is InChI=1S/C14H22/c1-11-7-5-4-6-8-12-13(10-9-11)14(12,2)3/h6-8,12-13H,4-5,9-10H2,1-3H3/b8-6+,11-7+/t12-,13-/m1/s1. The topological polar surface area (TPSA) is 0 Å². The molecule has 0 spiro atoms.